The summed E-state index contributed by atoms with van der Waals surface area (Å²) >= 11 is 0. The molecular formula is C27H28FNO4. The molecule has 0 saturated carbocycles. The van der Waals surface area contributed by atoms with Gasteiger partial charge in [-0.3, -0.25) is 4.79 Å². The number of aryl methyl sites for hydroxylation is 1. The minimum atomic E-state index is -0.532. The molecule has 3 aromatic carbocycles. The van der Waals surface area contributed by atoms with Gasteiger partial charge in [0.1, 0.15) is 18.2 Å². The molecule has 172 valence electrons. The fourth-order valence-electron chi connectivity index (χ4n) is 4.24. The second-order valence-corrected chi connectivity index (χ2v) is 7.96. The monoisotopic (exact) mass is 449 g/mol. The molecule has 0 N–H and O–H groups in total. The van der Waals surface area contributed by atoms with Crippen LogP contribution in [0.5, 0.6) is 17.2 Å². The van der Waals surface area contributed by atoms with Crippen LogP contribution in [-0.4, -0.2) is 38.2 Å². The normalized spacial score (nSPS) is 15.0. The van der Waals surface area contributed by atoms with E-state index in [1.807, 2.05) is 36.4 Å². The minimum absolute atomic E-state index is 0.0544. The molecule has 1 atom stereocenters. The van der Waals surface area contributed by atoms with Gasteiger partial charge in [-0.1, -0.05) is 31.2 Å². The van der Waals surface area contributed by atoms with E-state index in [4.69, 9.17) is 14.2 Å². The Balaban J connectivity index is 1.70. The van der Waals surface area contributed by atoms with E-state index in [9.17, 15) is 9.18 Å². The predicted octanol–water partition coefficient (Wildman–Crippen LogP) is 5.22. The zero-order chi connectivity index (χ0) is 23.4. The number of methoxy groups -OCH3 is 2. The highest BCUT2D eigenvalue weighted by Gasteiger charge is 2.34. The second-order valence-electron chi connectivity index (χ2n) is 7.96. The molecule has 1 aliphatic heterocycles. The van der Waals surface area contributed by atoms with Gasteiger partial charge in [0.2, 0.25) is 0 Å². The number of amides is 1. The lowest BCUT2D eigenvalue weighted by atomic mass is 9.91. The maximum Gasteiger partial charge on any atom is 0.257 e. The number of hydrogen-bond acceptors (Lipinski definition) is 4. The highest BCUT2D eigenvalue weighted by Crippen LogP contribution is 2.39. The van der Waals surface area contributed by atoms with Crippen molar-refractivity contribution in [3.63, 3.8) is 0 Å². The number of carbonyl (C=O) groups is 1. The number of halogens is 1. The molecule has 0 spiro atoms. The smallest absolute Gasteiger partial charge is 0.257 e. The lowest BCUT2D eigenvalue weighted by molar-refractivity contribution is 0.0584. The van der Waals surface area contributed by atoms with Crippen LogP contribution in [0.15, 0.2) is 60.7 Å². The molecule has 1 heterocycles. The van der Waals surface area contributed by atoms with Gasteiger partial charge in [0.15, 0.2) is 11.5 Å². The maximum absolute atomic E-state index is 14.4. The Hall–Kier alpha value is -3.54. The summed E-state index contributed by atoms with van der Waals surface area (Å²) in [6, 6.07) is 17.4. The van der Waals surface area contributed by atoms with Crippen LogP contribution in [0, 0.1) is 5.82 Å². The molecule has 0 aromatic heterocycles. The summed E-state index contributed by atoms with van der Waals surface area (Å²) < 4.78 is 31.5. The SMILES string of the molecule is CCc1ccc(OC[C@H]2c3cc(OC)c(OC)cc3CCN2C(=O)c2ccccc2F)cc1. The molecule has 0 fully saturated rings. The molecule has 3 aromatic rings. The number of benzene rings is 3. The number of nitrogens with zero attached hydrogens (tertiary/aromatic N) is 1. The fraction of sp³-hybridized carbons (Fsp3) is 0.296. The van der Waals surface area contributed by atoms with Crippen molar-refractivity contribution in [1.82, 2.24) is 4.90 Å². The van der Waals surface area contributed by atoms with Crippen molar-refractivity contribution in [2.45, 2.75) is 25.8 Å². The van der Waals surface area contributed by atoms with Crippen LogP contribution in [0.2, 0.25) is 0 Å². The van der Waals surface area contributed by atoms with E-state index in [-0.39, 0.29) is 18.1 Å². The van der Waals surface area contributed by atoms with Crippen LogP contribution in [0.25, 0.3) is 0 Å². The topological polar surface area (TPSA) is 48.0 Å². The number of ether oxygens (including phenoxy) is 3. The summed E-state index contributed by atoms with van der Waals surface area (Å²) in [4.78, 5) is 15.1. The van der Waals surface area contributed by atoms with Gasteiger partial charge in [0, 0.05) is 6.54 Å². The maximum atomic E-state index is 14.4. The van der Waals surface area contributed by atoms with Crippen molar-refractivity contribution in [1.29, 1.82) is 0 Å². The van der Waals surface area contributed by atoms with Crippen molar-refractivity contribution in [3.05, 3.63) is 88.7 Å². The quantitative estimate of drug-likeness (QED) is 0.496. The average molecular weight is 450 g/mol. The van der Waals surface area contributed by atoms with E-state index in [0.29, 0.717) is 24.5 Å². The van der Waals surface area contributed by atoms with Gasteiger partial charge < -0.3 is 19.1 Å². The lowest BCUT2D eigenvalue weighted by Crippen LogP contribution is -2.43. The molecule has 5 nitrogen and oxygen atoms in total. The van der Waals surface area contributed by atoms with Crippen LogP contribution < -0.4 is 14.2 Å². The molecule has 0 unspecified atom stereocenters. The summed E-state index contributed by atoms with van der Waals surface area (Å²) in [6.45, 7) is 2.77. The first kappa shape index (κ1) is 22.6. The van der Waals surface area contributed by atoms with E-state index in [1.54, 1.807) is 31.3 Å². The molecule has 0 radical (unpaired) electrons. The van der Waals surface area contributed by atoms with Gasteiger partial charge in [-0.15, -0.1) is 0 Å². The van der Waals surface area contributed by atoms with Crippen LogP contribution in [0.3, 0.4) is 0 Å². The van der Waals surface area contributed by atoms with Crippen molar-refractivity contribution in [2.24, 2.45) is 0 Å². The highest BCUT2D eigenvalue weighted by atomic mass is 19.1. The highest BCUT2D eigenvalue weighted by molar-refractivity contribution is 5.95. The van der Waals surface area contributed by atoms with Gasteiger partial charge in [0.05, 0.1) is 25.8 Å². The lowest BCUT2D eigenvalue weighted by Gasteiger charge is -2.37. The van der Waals surface area contributed by atoms with Crippen molar-refractivity contribution in [2.75, 3.05) is 27.4 Å². The van der Waals surface area contributed by atoms with E-state index in [1.165, 1.54) is 17.7 Å². The molecule has 4 rings (SSSR count). The minimum Gasteiger partial charge on any atom is -0.493 e. The third-order valence-electron chi connectivity index (χ3n) is 6.11. The molecule has 1 amide bonds. The summed E-state index contributed by atoms with van der Waals surface area (Å²) in [7, 11) is 3.18. The zero-order valence-electron chi connectivity index (χ0n) is 19.1. The molecule has 1 aliphatic rings. The van der Waals surface area contributed by atoms with Crippen LogP contribution >= 0.6 is 0 Å². The fourth-order valence-corrected chi connectivity index (χ4v) is 4.24. The van der Waals surface area contributed by atoms with Crippen LogP contribution in [-0.2, 0) is 12.8 Å². The number of hydrogen-bond donors (Lipinski definition) is 0. The second kappa shape index (κ2) is 9.94. The predicted molar refractivity (Wildman–Crippen MR) is 125 cm³/mol. The first-order valence-corrected chi connectivity index (χ1v) is 11.1. The van der Waals surface area contributed by atoms with Gasteiger partial charge in [0.25, 0.3) is 5.91 Å². The third kappa shape index (κ3) is 4.65. The Morgan fingerprint density at radius 2 is 1.73 bits per heavy atom. The van der Waals surface area contributed by atoms with E-state index in [0.717, 1.165) is 23.3 Å². The van der Waals surface area contributed by atoms with E-state index >= 15 is 0 Å². The van der Waals surface area contributed by atoms with Gasteiger partial charge in [-0.05, 0) is 65.9 Å². The van der Waals surface area contributed by atoms with Crippen LogP contribution in [0.1, 0.15) is 40.0 Å². The Labute approximate surface area is 193 Å². The van der Waals surface area contributed by atoms with E-state index in [2.05, 4.69) is 6.92 Å². The van der Waals surface area contributed by atoms with E-state index < -0.39 is 11.9 Å². The van der Waals surface area contributed by atoms with Crippen LogP contribution in [0.4, 0.5) is 4.39 Å². The number of carbonyl (C=O) groups excluding carboxylic acids is 1. The first-order valence-electron chi connectivity index (χ1n) is 11.1. The largest absolute Gasteiger partial charge is 0.493 e. The van der Waals surface area contributed by atoms with Crippen molar-refractivity contribution >= 4 is 5.91 Å². The Morgan fingerprint density at radius 1 is 1.03 bits per heavy atom. The Bertz CT molecular complexity index is 1130. The first-order chi connectivity index (χ1) is 16.0. The Morgan fingerprint density at radius 3 is 2.39 bits per heavy atom. The Kier molecular flexibility index (Phi) is 6.82. The van der Waals surface area contributed by atoms with Gasteiger partial charge >= 0.3 is 0 Å². The summed E-state index contributed by atoms with van der Waals surface area (Å²) in [5.41, 5.74) is 3.24. The molecule has 6 heteroatoms. The molecule has 33 heavy (non-hydrogen) atoms. The summed E-state index contributed by atoms with van der Waals surface area (Å²) in [5.74, 6) is 1.05. The van der Waals surface area contributed by atoms with Gasteiger partial charge in [-0.25, -0.2) is 4.39 Å². The summed E-state index contributed by atoms with van der Waals surface area (Å²) in [6.07, 6.45) is 1.57. The summed E-state index contributed by atoms with van der Waals surface area (Å²) in [5, 5.41) is 0. The molecular weight excluding hydrogens is 421 g/mol. The van der Waals surface area contributed by atoms with Gasteiger partial charge in [-0.2, -0.15) is 0 Å². The molecule has 0 bridgehead atoms. The average Bonchev–Trinajstić information content (AvgIpc) is 2.86. The number of fused-ring (bicyclic) bond motifs is 1. The van der Waals surface area contributed by atoms with Crippen molar-refractivity contribution in [3.8, 4) is 17.2 Å². The molecule has 0 aliphatic carbocycles. The third-order valence-corrected chi connectivity index (χ3v) is 6.11. The van der Waals surface area contributed by atoms with Crippen molar-refractivity contribution < 1.29 is 23.4 Å². The molecule has 0 saturated heterocycles. The number of rotatable bonds is 7. The standard InChI is InChI=1S/C27H28FNO4/c1-4-18-9-11-20(12-10-18)33-17-24-22-16-26(32-3)25(31-2)15-19(22)13-14-29(24)27(30)21-7-5-6-8-23(21)28/h5-12,15-16,24H,4,13-14,17H2,1-3H3/t24-/m0/s1. The zero-order valence-corrected chi connectivity index (χ0v) is 19.1.